The summed E-state index contributed by atoms with van der Waals surface area (Å²) in [4.78, 5) is 31.4. The second-order valence-corrected chi connectivity index (χ2v) is 4.29. The molecule has 0 radical (unpaired) electrons. The highest BCUT2D eigenvalue weighted by Gasteiger charge is 2.26. The standard InChI is InChI=1S/C14H10N2O6/c1-22-11-4-2-9(3-5-11)10-6-13(15(18)19)12(8-17)14(7-10)16(20)21/h2-8H,1H3. The van der Waals surface area contributed by atoms with Crippen molar-refractivity contribution in [2.45, 2.75) is 0 Å². The van der Waals surface area contributed by atoms with E-state index in [9.17, 15) is 25.0 Å². The number of methoxy groups -OCH3 is 1. The van der Waals surface area contributed by atoms with Crippen molar-refractivity contribution in [1.29, 1.82) is 0 Å². The summed E-state index contributed by atoms with van der Waals surface area (Å²) in [5.41, 5.74) is -0.951. The molecule has 0 bridgehead atoms. The smallest absolute Gasteiger partial charge is 0.287 e. The lowest BCUT2D eigenvalue weighted by atomic mass is 10.0. The summed E-state index contributed by atoms with van der Waals surface area (Å²) in [6.07, 6.45) is 0.119. The number of ether oxygens (including phenoxy) is 1. The maximum absolute atomic E-state index is 11.0. The van der Waals surface area contributed by atoms with Crippen LogP contribution in [-0.4, -0.2) is 23.2 Å². The minimum atomic E-state index is -0.816. The Bertz CT molecular complexity index is 719. The van der Waals surface area contributed by atoms with Crippen molar-refractivity contribution < 1.29 is 19.4 Å². The molecule has 0 aliphatic carbocycles. The lowest BCUT2D eigenvalue weighted by Gasteiger charge is -2.05. The molecular formula is C14H10N2O6. The van der Waals surface area contributed by atoms with Crippen LogP contribution in [0, 0.1) is 20.2 Å². The number of aldehydes is 1. The van der Waals surface area contributed by atoms with E-state index in [1.54, 1.807) is 24.3 Å². The summed E-state index contributed by atoms with van der Waals surface area (Å²) < 4.78 is 5.00. The van der Waals surface area contributed by atoms with E-state index >= 15 is 0 Å². The number of carbonyl (C=O) groups excluding carboxylic acids is 1. The molecular weight excluding hydrogens is 292 g/mol. The zero-order valence-electron chi connectivity index (χ0n) is 11.4. The highest BCUT2D eigenvalue weighted by Crippen LogP contribution is 2.34. The summed E-state index contributed by atoms with van der Waals surface area (Å²) in [6.45, 7) is 0. The van der Waals surface area contributed by atoms with Crippen molar-refractivity contribution in [2.75, 3.05) is 7.11 Å². The highest BCUT2D eigenvalue weighted by atomic mass is 16.6. The molecule has 0 heterocycles. The van der Waals surface area contributed by atoms with Crippen LogP contribution in [0.5, 0.6) is 5.75 Å². The Labute approximate surface area is 124 Å². The van der Waals surface area contributed by atoms with Crippen LogP contribution in [0.15, 0.2) is 36.4 Å². The van der Waals surface area contributed by atoms with Crippen LogP contribution in [0.3, 0.4) is 0 Å². The monoisotopic (exact) mass is 302 g/mol. The van der Waals surface area contributed by atoms with Gasteiger partial charge in [-0.15, -0.1) is 0 Å². The fourth-order valence-corrected chi connectivity index (χ4v) is 2.00. The molecule has 0 fully saturated rings. The highest BCUT2D eigenvalue weighted by molar-refractivity contribution is 5.90. The molecule has 8 heteroatoms. The average Bonchev–Trinajstić information content (AvgIpc) is 2.53. The van der Waals surface area contributed by atoms with E-state index in [1.165, 1.54) is 7.11 Å². The predicted octanol–water partition coefficient (Wildman–Crippen LogP) is 2.99. The topological polar surface area (TPSA) is 113 Å². The van der Waals surface area contributed by atoms with Gasteiger partial charge in [0, 0.05) is 12.1 Å². The number of carbonyl (C=O) groups is 1. The Hall–Kier alpha value is -3.29. The number of nitro groups is 2. The van der Waals surface area contributed by atoms with Crippen molar-refractivity contribution in [1.82, 2.24) is 0 Å². The molecule has 0 atom stereocenters. The van der Waals surface area contributed by atoms with Crippen molar-refractivity contribution in [3.8, 4) is 16.9 Å². The second kappa shape index (κ2) is 6.00. The van der Waals surface area contributed by atoms with E-state index in [0.717, 1.165) is 12.1 Å². The van der Waals surface area contributed by atoms with Crippen LogP contribution < -0.4 is 4.74 Å². The molecule has 8 nitrogen and oxygen atoms in total. The van der Waals surface area contributed by atoms with Crippen LogP contribution in [0.1, 0.15) is 10.4 Å². The third kappa shape index (κ3) is 2.75. The van der Waals surface area contributed by atoms with Gasteiger partial charge in [0.05, 0.1) is 17.0 Å². The summed E-state index contributed by atoms with van der Waals surface area (Å²) in [6, 6.07) is 8.75. The van der Waals surface area contributed by atoms with E-state index in [2.05, 4.69) is 0 Å². The van der Waals surface area contributed by atoms with Gasteiger partial charge < -0.3 is 4.74 Å². The first-order valence-electron chi connectivity index (χ1n) is 6.04. The quantitative estimate of drug-likeness (QED) is 0.476. The number of hydrogen-bond acceptors (Lipinski definition) is 6. The summed E-state index contributed by atoms with van der Waals surface area (Å²) in [5.74, 6) is 0.581. The van der Waals surface area contributed by atoms with E-state index in [-0.39, 0.29) is 11.8 Å². The Morgan fingerprint density at radius 2 is 1.45 bits per heavy atom. The zero-order valence-corrected chi connectivity index (χ0v) is 11.4. The number of benzene rings is 2. The minimum Gasteiger partial charge on any atom is -0.497 e. The maximum atomic E-state index is 11.0. The first kappa shape index (κ1) is 15.1. The lowest BCUT2D eigenvalue weighted by molar-refractivity contribution is -0.394. The fraction of sp³-hybridized carbons (Fsp3) is 0.0714. The van der Waals surface area contributed by atoms with Gasteiger partial charge in [-0.3, -0.25) is 25.0 Å². The number of rotatable bonds is 5. The van der Waals surface area contributed by atoms with E-state index in [0.29, 0.717) is 11.3 Å². The van der Waals surface area contributed by atoms with Gasteiger partial charge in [0.25, 0.3) is 11.4 Å². The van der Waals surface area contributed by atoms with Crippen LogP contribution in [0.4, 0.5) is 11.4 Å². The number of nitro benzene ring substituents is 2. The molecule has 2 aromatic rings. The van der Waals surface area contributed by atoms with E-state index in [1.807, 2.05) is 0 Å². The van der Waals surface area contributed by atoms with Crippen LogP contribution in [-0.2, 0) is 0 Å². The molecule has 2 rings (SSSR count). The molecule has 0 aromatic heterocycles. The SMILES string of the molecule is COc1ccc(-c2cc([N+](=O)[O-])c(C=O)c([N+](=O)[O-])c2)cc1. The third-order valence-electron chi connectivity index (χ3n) is 3.07. The molecule has 2 aromatic carbocycles. The largest absolute Gasteiger partial charge is 0.497 e. The van der Waals surface area contributed by atoms with Gasteiger partial charge in [0.1, 0.15) is 5.75 Å². The molecule has 0 N–H and O–H groups in total. The number of nitrogens with zero attached hydrogens (tertiary/aromatic N) is 2. The maximum Gasteiger partial charge on any atom is 0.287 e. The Balaban J connectivity index is 2.68. The summed E-state index contributed by atoms with van der Waals surface area (Å²) >= 11 is 0. The first-order valence-corrected chi connectivity index (χ1v) is 6.04. The van der Waals surface area contributed by atoms with Crippen molar-refractivity contribution in [2.24, 2.45) is 0 Å². The molecule has 0 aliphatic heterocycles. The van der Waals surface area contributed by atoms with Gasteiger partial charge >= 0.3 is 0 Å². The first-order chi connectivity index (χ1) is 10.5. The van der Waals surface area contributed by atoms with Crippen LogP contribution in [0.25, 0.3) is 11.1 Å². The van der Waals surface area contributed by atoms with Crippen molar-refractivity contribution >= 4 is 17.7 Å². The fourth-order valence-electron chi connectivity index (χ4n) is 2.00. The predicted molar refractivity (Wildman–Crippen MR) is 77.1 cm³/mol. The zero-order chi connectivity index (χ0) is 16.3. The van der Waals surface area contributed by atoms with Gasteiger partial charge in [0.2, 0.25) is 0 Å². The van der Waals surface area contributed by atoms with E-state index in [4.69, 9.17) is 4.74 Å². The molecule has 0 aliphatic rings. The molecule has 0 spiro atoms. The molecule has 0 unspecified atom stereocenters. The average molecular weight is 302 g/mol. The summed E-state index contributed by atoms with van der Waals surface area (Å²) in [7, 11) is 1.49. The van der Waals surface area contributed by atoms with Crippen molar-refractivity contribution in [3.05, 3.63) is 62.2 Å². The molecule has 0 amide bonds. The molecule has 22 heavy (non-hydrogen) atoms. The molecule has 112 valence electrons. The van der Waals surface area contributed by atoms with Gasteiger partial charge in [-0.25, -0.2) is 0 Å². The number of hydrogen-bond donors (Lipinski definition) is 0. The second-order valence-electron chi connectivity index (χ2n) is 4.29. The third-order valence-corrected chi connectivity index (χ3v) is 3.07. The Morgan fingerprint density at radius 3 is 1.82 bits per heavy atom. The summed E-state index contributed by atoms with van der Waals surface area (Å²) in [5, 5.41) is 22.1. The van der Waals surface area contributed by atoms with Crippen LogP contribution >= 0.6 is 0 Å². The minimum absolute atomic E-state index is 0.119. The normalized spacial score (nSPS) is 10.0. The Morgan fingerprint density at radius 1 is 0.955 bits per heavy atom. The Kier molecular flexibility index (Phi) is 4.12. The van der Waals surface area contributed by atoms with Crippen molar-refractivity contribution in [3.63, 3.8) is 0 Å². The van der Waals surface area contributed by atoms with E-state index < -0.39 is 26.8 Å². The lowest BCUT2D eigenvalue weighted by Crippen LogP contribution is -2.01. The van der Waals surface area contributed by atoms with Gasteiger partial charge in [-0.1, -0.05) is 12.1 Å². The van der Waals surface area contributed by atoms with Gasteiger partial charge in [-0.05, 0) is 23.3 Å². The van der Waals surface area contributed by atoms with Gasteiger partial charge in [0.15, 0.2) is 11.8 Å². The molecule has 0 saturated carbocycles. The van der Waals surface area contributed by atoms with Crippen LogP contribution in [0.2, 0.25) is 0 Å². The van der Waals surface area contributed by atoms with Gasteiger partial charge in [-0.2, -0.15) is 0 Å². The molecule has 0 saturated heterocycles.